The second kappa shape index (κ2) is 15.1. The van der Waals surface area contributed by atoms with Crippen molar-refractivity contribution in [2.75, 3.05) is 40.6 Å². The third-order valence-electron chi connectivity index (χ3n) is 7.76. The Kier molecular flexibility index (Phi) is 11.0. The van der Waals surface area contributed by atoms with Crippen molar-refractivity contribution in [1.29, 1.82) is 0 Å². The Morgan fingerprint density at radius 2 is 1.09 bits per heavy atom. The molecule has 10 nitrogen and oxygen atoms in total. The summed E-state index contributed by atoms with van der Waals surface area (Å²) in [5.74, 6) is -1.11. The smallest absolute Gasteiger partial charge is 0.330 e. The Morgan fingerprint density at radius 1 is 0.644 bits per heavy atom. The van der Waals surface area contributed by atoms with Crippen molar-refractivity contribution in [3.8, 4) is 22.6 Å². The van der Waals surface area contributed by atoms with Crippen molar-refractivity contribution in [3.63, 3.8) is 0 Å². The third-order valence-corrected chi connectivity index (χ3v) is 7.76. The van der Waals surface area contributed by atoms with Crippen LogP contribution in [0.15, 0.2) is 73.8 Å². The summed E-state index contributed by atoms with van der Waals surface area (Å²) in [6.45, 7) is 6.29. The number of ether oxygens (including phenoxy) is 6. The van der Waals surface area contributed by atoms with Crippen LogP contribution in [-0.2, 0) is 43.5 Å². The van der Waals surface area contributed by atoms with E-state index in [9.17, 15) is 19.2 Å². The van der Waals surface area contributed by atoms with E-state index in [-0.39, 0.29) is 39.3 Å². The van der Waals surface area contributed by atoms with E-state index in [1.807, 2.05) is 36.4 Å². The average Bonchev–Trinajstić information content (AvgIpc) is 3.32. The van der Waals surface area contributed by atoms with Gasteiger partial charge in [0.25, 0.3) is 0 Å². The minimum Gasteiger partial charge on any atom is -0.493 e. The highest BCUT2D eigenvalue weighted by atomic mass is 16.6. The predicted molar refractivity (Wildman–Crippen MR) is 166 cm³/mol. The molecular formula is C35H36O10. The summed E-state index contributed by atoms with van der Waals surface area (Å²) < 4.78 is 31.8. The zero-order valence-corrected chi connectivity index (χ0v) is 25.4. The number of fused-ring (bicyclic) bond motifs is 4. The van der Waals surface area contributed by atoms with E-state index in [0.717, 1.165) is 45.2 Å². The molecule has 0 N–H and O–H groups in total. The molecule has 0 aromatic heterocycles. The van der Waals surface area contributed by atoms with Crippen LogP contribution in [0.25, 0.3) is 21.9 Å². The highest BCUT2D eigenvalue weighted by molar-refractivity contribution is 5.94. The Labute approximate surface area is 261 Å². The first kappa shape index (κ1) is 32.8. The van der Waals surface area contributed by atoms with Crippen molar-refractivity contribution < 1.29 is 47.6 Å². The van der Waals surface area contributed by atoms with Gasteiger partial charge in [0.15, 0.2) is 11.5 Å². The highest BCUT2D eigenvalue weighted by Crippen LogP contribution is 2.57. The molecule has 0 fully saturated rings. The van der Waals surface area contributed by atoms with Crippen LogP contribution in [0.4, 0.5) is 0 Å². The van der Waals surface area contributed by atoms with Crippen LogP contribution in [-0.4, -0.2) is 64.5 Å². The Bertz CT molecular complexity index is 1560. The van der Waals surface area contributed by atoms with Gasteiger partial charge in [0, 0.05) is 30.4 Å². The lowest BCUT2D eigenvalue weighted by Gasteiger charge is -2.32. The van der Waals surface area contributed by atoms with Gasteiger partial charge in [-0.3, -0.25) is 9.59 Å². The van der Waals surface area contributed by atoms with Crippen molar-refractivity contribution in [2.45, 2.75) is 31.1 Å². The average molecular weight is 617 g/mol. The standard InChI is InChI=1S/C35H36O10/c1-5-31(36)42-15-17-44-33(38)11-13-35(14-12-34(39)45-18-16-43-32(37)6-2)27-20-24-10-8-7-9-23(24)19-25(27)26-21-29(40-3)30(41-4)22-28(26)35/h5-10,19-22H,1-2,11-18H2,3-4H3. The van der Waals surface area contributed by atoms with Crippen molar-refractivity contribution >= 4 is 34.6 Å². The van der Waals surface area contributed by atoms with Crippen molar-refractivity contribution in [3.05, 3.63) is 85.0 Å². The molecule has 1 aliphatic rings. The number of esters is 4. The van der Waals surface area contributed by atoms with Gasteiger partial charge in [-0.15, -0.1) is 0 Å². The number of hydrogen-bond donors (Lipinski definition) is 0. The maximum Gasteiger partial charge on any atom is 0.330 e. The molecule has 3 aromatic carbocycles. The van der Waals surface area contributed by atoms with Gasteiger partial charge in [-0.2, -0.15) is 0 Å². The van der Waals surface area contributed by atoms with Gasteiger partial charge in [-0.25, -0.2) is 9.59 Å². The van der Waals surface area contributed by atoms with Crippen LogP contribution in [0.5, 0.6) is 11.5 Å². The number of carbonyl (C=O) groups excluding carboxylic acids is 4. The third kappa shape index (κ3) is 7.52. The largest absolute Gasteiger partial charge is 0.493 e. The predicted octanol–water partition coefficient (Wildman–Crippen LogP) is 5.23. The Balaban J connectivity index is 1.69. The molecule has 45 heavy (non-hydrogen) atoms. The number of methoxy groups -OCH3 is 2. The van der Waals surface area contributed by atoms with Crippen molar-refractivity contribution in [1.82, 2.24) is 0 Å². The van der Waals surface area contributed by atoms with Crippen LogP contribution >= 0.6 is 0 Å². The van der Waals surface area contributed by atoms with E-state index in [0.29, 0.717) is 24.3 Å². The van der Waals surface area contributed by atoms with Crippen LogP contribution in [0, 0.1) is 0 Å². The first-order valence-electron chi connectivity index (χ1n) is 14.5. The fraction of sp³-hybridized carbons (Fsp3) is 0.314. The van der Waals surface area contributed by atoms with Gasteiger partial charge in [-0.05, 0) is 70.1 Å². The van der Waals surface area contributed by atoms with E-state index in [2.05, 4.69) is 25.3 Å². The lowest BCUT2D eigenvalue weighted by molar-refractivity contribution is -0.150. The molecule has 0 spiro atoms. The summed E-state index contributed by atoms with van der Waals surface area (Å²) in [7, 11) is 3.12. The Hall–Kier alpha value is -5.12. The molecule has 0 amide bonds. The maximum absolute atomic E-state index is 12.9. The lowest BCUT2D eigenvalue weighted by atomic mass is 9.71. The summed E-state index contributed by atoms with van der Waals surface area (Å²) in [5, 5.41) is 2.04. The topological polar surface area (TPSA) is 124 Å². The van der Waals surface area contributed by atoms with E-state index in [1.54, 1.807) is 14.2 Å². The van der Waals surface area contributed by atoms with Gasteiger partial charge in [0.1, 0.15) is 26.4 Å². The summed E-state index contributed by atoms with van der Waals surface area (Å²) in [5.41, 5.74) is 2.89. The van der Waals surface area contributed by atoms with Gasteiger partial charge in [0.2, 0.25) is 0 Å². The normalized spacial score (nSPS) is 12.3. The minimum atomic E-state index is -0.809. The molecule has 0 bridgehead atoms. The molecule has 10 heteroatoms. The molecule has 0 aliphatic heterocycles. The highest BCUT2D eigenvalue weighted by Gasteiger charge is 2.44. The molecular weight excluding hydrogens is 580 g/mol. The molecule has 3 aromatic rings. The minimum absolute atomic E-state index is 0.0159. The Morgan fingerprint density at radius 3 is 1.60 bits per heavy atom. The second-order valence-corrected chi connectivity index (χ2v) is 10.3. The molecule has 0 heterocycles. The number of benzene rings is 3. The summed E-state index contributed by atoms with van der Waals surface area (Å²) in [4.78, 5) is 48.5. The van der Waals surface area contributed by atoms with Gasteiger partial charge in [0.05, 0.1) is 14.2 Å². The SMILES string of the molecule is C=CC(=O)OCCOC(=O)CCC1(CCC(=O)OCCOC(=O)C=C)c2cc(OC)c(OC)cc2-c2cc3ccccc3cc21. The molecule has 1 aliphatic carbocycles. The lowest BCUT2D eigenvalue weighted by Crippen LogP contribution is -2.28. The van der Waals surface area contributed by atoms with Gasteiger partial charge in [-0.1, -0.05) is 37.4 Å². The molecule has 0 saturated carbocycles. The quantitative estimate of drug-likeness (QED) is 0.0915. The zero-order chi connectivity index (χ0) is 32.4. The van der Waals surface area contributed by atoms with E-state index in [4.69, 9.17) is 28.4 Å². The summed E-state index contributed by atoms with van der Waals surface area (Å²) in [6.07, 6.45) is 2.70. The summed E-state index contributed by atoms with van der Waals surface area (Å²) >= 11 is 0. The monoisotopic (exact) mass is 616 g/mol. The molecule has 0 unspecified atom stereocenters. The van der Waals surface area contributed by atoms with Crippen LogP contribution < -0.4 is 9.47 Å². The van der Waals surface area contributed by atoms with Crippen LogP contribution in [0.2, 0.25) is 0 Å². The molecule has 0 saturated heterocycles. The number of hydrogen-bond acceptors (Lipinski definition) is 10. The first-order chi connectivity index (χ1) is 21.8. The van der Waals surface area contributed by atoms with Crippen LogP contribution in [0.1, 0.15) is 36.8 Å². The number of rotatable bonds is 16. The van der Waals surface area contributed by atoms with E-state index < -0.39 is 29.3 Å². The van der Waals surface area contributed by atoms with Gasteiger partial charge >= 0.3 is 23.9 Å². The molecule has 0 atom stereocenters. The van der Waals surface area contributed by atoms with Gasteiger partial charge < -0.3 is 28.4 Å². The number of carbonyl (C=O) groups is 4. The van der Waals surface area contributed by atoms with E-state index in [1.165, 1.54) is 0 Å². The fourth-order valence-electron chi connectivity index (χ4n) is 5.65. The molecule has 4 rings (SSSR count). The molecule has 0 radical (unpaired) electrons. The second-order valence-electron chi connectivity index (χ2n) is 10.3. The van der Waals surface area contributed by atoms with E-state index >= 15 is 0 Å². The molecule has 236 valence electrons. The summed E-state index contributed by atoms with van der Waals surface area (Å²) in [6, 6.07) is 16.0. The maximum atomic E-state index is 12.9. The zero-order valence-electron chi connectivity index (χ0n) is 25.4. The van der Waals surface area contributed by atoms with Crippen molar-refractivity contribution in [2.24, 2.45) is 0 Å². The van der Waals surface area contributed by atoms with Crippen LogP contribution in [0.3, 0.4) is 0 Å². The first-order valence-corrected chi connectivity index (χ1v) is 14.5. The fourth-order valence-corrected chi connectivity index (χ4v) is 5.65.